The van der Waals surface area contributed by atoms with Gasteiger partial charge in [0.05, 0.1) is 0 Å². The molecule has 129 valence electrons. The van der Waals surface area contributed by atoms with Crippen LogP contribution >= 0.6 is 0 Å². The first kappa shape index (κ1) is 23.1. The van der Waals surface area contributed by atoms with Gasteiger partial charge in [0, 0.05) is 0 Å². The number of hydrogen-bond acceptors (Lipinski definition) is 12. The fourth-order valence-electron chi connectivity index (χ4n) is 0.667. The maximum Gasteiger partial charge on any atom is -0.369 e. The van der Waals surface area contributed by atoms with Gasteiger partial charge in [0.1, 0.15) is 0 Å². The Kier molecular flexibility index (Phi) is 5.28. The molecule has 0 rings (SSSR count). The second-order valence-electron chi connectivity index (χ2n) is 2.18. The number of hydrogen-bond donors (Lipinski definition) is 2. The summed E-state index contributed by atoms with van der Waals surface area (Å²) in [6.07, 6.45) is 0. The van der Waals surface area contributed by atoms with Crippen LogP contribution in [0.5, 0.6) is 0 Å². The van der Waals surface area contributed by atoms with Crippen LogP contribution < -0.4 is 12.3 Å². The molecule has 0 spiro atoms. The van der Waals surface area contributed by atoms with Gasteiger partial charge in [-0.05, 0) is 0 Å². The molecule has 8 N–H and O–H groups in total. The van der Waals surface area contributed by atoms with Crippen LogP contribution in [0.4, 0.5) is 0 Å². The summed E-state index contributed by atoms with van der Waals surface area (Å²) in [6.45, 7) is 0. The first-order chi connectivity index (χ1) is 8.34. The van der Waals surface area contributed by atoms with E-state index in [0.717, 1.165) is 0 Å². The monoisotopic (exact) mass is 415 g/mol. The number of quaternary nitrogens is 2. The van der Waals surface area contributed by atoms with Crippen LogP contribution in [0, 0.1) is 60.7 Å². The summed E-state index contributed by atoms with van der Waals surface area (Å²) in [5.74, 6) is 0. The van der Waals surface area contributed by atoms with E-state index in [2.05, 4.69) is 0 Å². The summed E-state index contributed by atoms with van der Waals surface area (Å²) in [4.78, 5) is 63.3. The van der Waals surface area contributed by atoms with Gasteiger partial charge < -0.3 is 12.3 Å². The normalized spacial score (nSPS) is 13.1. The molecule has 20 nitrogen and oxygen atoms in total. The van der Waals surface area contributed by atoms with Gasteiger partial charge in [0.15, 0.2) is 0 Å². The number of rotatable bonds is 6. The average molecular weight is 415 g/mol. The number of nitrogens with zero attached hydrogens (tertiary/aromatic N) is 6. The van der Waals surface area contributed by atoms with Gasteiger partial charge >= 0.3 is 96.5 Å². The molecule has 0 heterocycles. The van der Waals surface area contributed by atoms with Crippen LogP contribution in [0.1, 0.15) is 0 Å². The molecule has 21 heavy (non-hydrogen) atoms. The summed E-state index contributed by atoms with van der Waals surface area (Å²) >= 11 is -10.8. The van der Waals surface area contributed by atoms with Gasteiger partial charge in [0.2, 0.25) is 0 Å². The Labute approximate surface area is 110 Å². The molecular formula is H8N8O12Rh. The largest absolute Gasteiger partial charge is 0.369 e. The SMILES string of the molecule is O=[N+]([O-])[Rh-2]([N+](=O)[O-])([N+](=O)[O-])([N+](=O)[O-])([N+](=O)[O-])[N+](=O)[O-].[NH4+].[NH4+]. The minimum atomic E-state index is -10.8. The van der Waals surface area contributed by atoms with E-state index in [4.69, 9.17) is 0 Å². The molecule has 0 aromatic carbocycles. The van der Waals surface area contributed by atoms with Crippen molar-refractivity contribution < 1.29 is 35.9 Å². The fourth-order valence-corrected chi connectivity index (χ4v) is 3.94. The minimum absolute atomic E-state index is 0. The molecule has 0 saturated carbocycles. The van der Waals surface area contributed by atoms with E-state index in [0.29, 0.717) is 0 Å². The van der Waals surface area contributed by atoms with Gasteiger partial charge in [-0.1, -0.05) is 0 Å². The Morgan fingerprint density at radius 1 is 0.429 bits per heavy atom. The smallest absolute Gasteiger partial charge is 0.369 e. The van der Waals surface area contributed by atoms with E-state index in [-0.39, 0.29) is 12.3 Å². The first-order valence-corrected chi connectivity index (χ1v) is 7.48. The van der Waals surface area contributed by atoms with Crippen LogP contribution in [-0.4, -0.2) is 22.0 Å². The molecule has 0 aliphatic heterocycles. The van der Waals surface area contributed by atoms with Crippen molar-refractivity contribution in [3.05, 3.63) is 60.7 Å². The van der Waals surface area contributed by atoms with E-state index in [9.17, 15) is 60.7 Å². The second-order valence-corrected chi connectivity index (χ2v) is 10.7. The van der Waals surface area contributed by atoms with Crippen molar-refractivity contribution in [3.63, 3.8) is 0 Å². The van der Waals surface area contributed by atoms with Crippen molar-refractivity contribution in [2.45, 2.75) is 0 Å². The molecule has 0 saturated heterocycles. The minimum Gasteiger partial charge on any atom is -0.369 e. The van der Waals surface area contributed by atoms with Crippen molar-refractivity contribution in [2.75, 3.05) is 0 Å². The molecule has 0 atom stereocenters. The average Bonchev–Trinajstić information content (AvgIpc) is 2.15. The Morgan fingerprint density at radius 3 is 0.524 bits per heavy atom. The third kappa shape index (κ3) is 1.17. The van der Waals surface area contributed by atoms with Crippen molar-refractivity contribution >= 4 is 0 Å². The summed E-state index contributed by atoms with van der Waals surface area (Å²) < 4.78 is -19.4. The summed E-state index contributed by atoms with van der Waals surface area (Å²) in [6, 6.07) is 0. The number of nitro groups is 6. The predicted molar refractivity (Wildman–Crippen MR) is 53.9 cm³/mol. The van der Waals surface area contributed by atoms with E-state index >= 15 is 0 Å². The van der Waals surface area contributed by atoms with E-state index in [1.807, 2.05) is 0 Å². The van der Waals surface area contributed by atoms with Crippen LogP contribution in [0.3, 0.4) is 0 Å². The zero-order valence-corrected chi connectivity index (χ0v) is 11.6. The van der Waals surface area contributed by atoms with E-state index in [1.165, 1.54) is 0 Å². The Bertz CT molecular complexity index is 428. The molecule has 0 fully saturated rings. The molecular weight excluding hydrogens is 407 g/mol. The van der Waals surface area contributed by atoms with Crippen LogP contribution in [0.25, 0.3) is 0 Å². The third-order valence-electron chi connectivity index (χ3n) is 1.63. The quantitative estimate of drug-likeness (QED) is 0.303. The van der Waals surface area contributed by atoms with Gasteiger partial charge in [-0.3, -0.25) is 0 Å². The molecule has 0 aliphatic carbocycles. The first-order valence-electron chi connectivity index (χ1n) is 3.09. The van der Waals surface area contributed by atoms with Crippen molar-refractivity contribution in [3.8, 4) is 0 Å². The Morgan fingerprint density at radius 2 is 0.524 bits per heavy atom. The molecule has 21 heteroatoms. The predicted octanol–water partition coefficient (Wildman–Crippen LogP) is -0.886. The summed E-state index contributed by atoms with van der Waals surface area (Å²) in [5.41, 5.74) is 0. The molecule has 0 bridgehead atoms. The molecule has 0 amide bonds. The van der Waals surface area contributed by atoms with Crippen molar-refractivity contribution in [1.29, 1.82) is 0 Å². The maximum absolute atomic E-state index is 10.8. The third-order valence-corrected chi connectivity index (χ3v) is 9.66. The zero-order chi connectivity index (χ0) is 15.9. The molecule has 0 radical (unpaired) electrons. The van der Waals surface area contributed by atoms with Crippen molar-refractivity contribution in [1.82, 2.24) is 12.3 Å². The Hall–Kier alpha value is -3.06. The standard InChI is InChI=1S/6NO2.2H3N.Rh/c6*2-1-3;;;/h;;;;;;2*1H3;/q;;;;;;;;-2/p+2. The molecule has 0 aromatic heterocycles. The van der Waals surface area contributed by atoms with Crippen LogP contribution in [-0.2, 0) is 13.9 Å². The molecule has 0 aliphatic rings. The van der Waals surface area contributed by atoms with Gasteiger partial charge in [0.25, 0.3) is 0 Å². The maximum atomic E-state index is 10.5. The topological polar surface area (TPSA) is 332 Å². The second kappa shape index (κ2) is 4.80. The summed E-state index contributed by atoms with van der Waals surface area (Å²) in [7, 11) is 0. The van der Waals surface area contributed by atoms with Crippen molar-refractivity contribution in [2.24, 2.45) is 0 Å². The van der Waals surface area contributed by atoms with E-state index in [1.54, 1.807) is 0 Å². The fraction of sp³-hybridized carbons (Fsp3) is 0. The van der Waals surface area contributed by atoms with E-state index < -0.39 is 35.9 Å². The summed E-state index contributed by atoms with van der Waals surface area (Å²) in [5, 5.41) is 63.3. The zero-order valence-electron chi connectivity index (χ0n) is 9.92. The molecule has 0 aromatic rings. The van der Waals surface area contributed by atoms with Gasteiger partial charge in [-0.2, -0.15) is 0 Å². The van der Waals surface area contributed by atoms with Crippen LogP contribution in [0.2, 0.25) is 0 Å². The van der Waals surface area contributed by atoms with Crippen LogP contribution in [0.15, 0.2) is 0 Å². The molecule has 0 unspecified atom stereocenters. The van der Waals surface area contributed by atoms with Gasteiger partial charge in [-0.25, -0.2) is 0 Å². The Balaban J connectivity index is -0.00000162. The van der Waals surface area contributed by atoms with Gasteiger partial charge in [-0.15, -0.1) is 0 Å².